The van der Waals surface area contributed by atoms with Gasteiger partial charge in [0.25, 0.3) is 0 Å². The molecule has 2 rings (SSSR count). The average Bonchev–Trinajstić information content (AvgIpc) is 2.68. The molecule has 152 valence electrons. The van der Waals surface area contributed by atoms with Crippen molar-refractivity contribution in [2.45, 2.75) is 38.8 Å². The summed E-state index contributed by atoms with van der Waals surface area (Å²) in [4.78, 5) is 13.2. The van der Waals surface area contributed by atoms with Crippen molar-refractivity contribution < 1.29 is 23.1 Å². The van der Waals surface area contributed by atoms with Crippen molar-refractivity contribution in [1.29, 1.82) is 0 Å². The highest BCUT2D eigenvalue weighted by molar-refractivity contribution is 7.90. The predicted octanol–water partition coefficient (Wildman–Crippen LogP) is 3.92. The number of hydrogen-bond acceptors (Lipinski definition) is 4. The van der Waals surface area contributed by atoms with Gasteiger partial charge in [-0.3, -0.25) is 0 Å². The lowest BCUT2D eigenvalue weighted by Crippen LogP contribution is -2.49. The van der Waals surface area contributed by atoms with Crippen molar-refractivity contribution in [2.24, 2.45) is 5.41 Å². The highest BCUT2D eigenvalue weighted by Gasteiger charge is 2.42. The predicted molar refractivity (Wildman–Crippen MR) is 107 cm³/mol. The van der Waals surface area contributed by atoms with Gasteiger partial charge in [-0.15, -0.1) is 0 Å². The molecule has 1 N–H and O–H groups in total. The Morgan fingerprint density at radius 3 is 2.41 bits per heavy atom. The maximum absolute atomic E-state index is 12.0. The smallest absolute Gasteiger partial charge is 0.407 e. The zero-order valence-corrected chi connectivity index (χ0v) is 18.1. The molecule has 1 aromatic carbocycles. The van der Waals surface area contributed by atoms with Crippen LogP contribution in [-0.2, 0) is 14.6 Å². The summed E-state index contributed by atoms with van der Waals surface area (Å²) >= 11 is 12.1. The molecule has 0 saturated carbocycles. The molecule has 1 fully saturated rings. The highest BCUT2D eigenvalue weighted by Crippen LogP contribution is 2.35. The second kappa shape index (κ2) is 8.15. The summed E-state index contributed by atoms with van der Waals surface area (Å²) in [7, 11) is -3.44. The van der Waals surface area contributed by atoms with Crippen LogP contribution in [0.2, 0.25) is 10.0 Å². The van der Waals surface area contributed by atoms with E-state index in [4.69, 9.17) is 27.9 Å². The molecule has 9 heteroatoms. The first-order valence-corrected chi connectivity index (χ1v) is 11.3. The number of benzene rings is 1. The van der Waals surface area contributed by atoms with Gasteiger partial charge in [0.2, 0.25) is 0 Å². The molecule has 27 heavy (non-hydrogen) atoms. The minimum absolute atomic E-state index is 0.0941. The molecule has 0 bridgehead atoms. The van der Waals surface area contributed by atoms with Crippen LogP contribution in [0.15, 0.2) is 18.2 Å². The molecule has 0 spiro atoms. The van der Waals surface area contributed by atoms with Crippen LogP contribution >= 0.6 is 23.2 Å². The zero-order valence-electron chi connectivity index (χ0n) is 15.8. The van der Waals surface area contributed by atoms with Gasteiger partial charge in [0, 0.05) is 12.2 Å². The van der Waals surface area contributed by atoms with Gasteiger partial charge in [-0.1, -0.05) is 50.0 Å². The Morgan fingerprint density at radius 2 is 1.93 bits per heavy atom. The van der Waals surface area contributed by atoms with E-state index in [1.165, 1.54) is 4.90 Å². The van der Waals surface area contributed by atoms with Crippen LogP contribution in [0.5, 0.6) is 0 Å². The highest BCUT2D eigenvalue weighted by atomic mass is 35.5. The monoisotopic (exact) mass is 437 g/mol. The number of amides is 1. The second-order valence-electron chi connectivity index (χ2n) is 8.06. The second-order valence-corrected chi connectivity index (χ2v) is 11.1. The Labute approximate surface area is 170 Å². The fourth-order valence-corrected chi connectivity index (χ4v) is 4.58. The molecule has 1 amide bonds. The van der Waals surface area contributed by atoms with Crippen LogP contribution in [0.25, 0.3) is 0 Å². The summed E-state index contributed by atoms with van der Waals surface area (Å²) in [6.07, 6.45) is -0.441. The fraction of sp³-hybridized carbons (Fsp3) is 0.611. The van der Waals surface area contributed by atoms with Crippen LogP contribution in [0.1, 0.15) is 32.3 Å². The van der Waals surface area contributed by atoms with Crippen molar-refractivity contribution in [3.8, 4) is 0 Å². The van der Waals surface area contributed by atoms with Crippen LogP contribution in [0.4, 0.5) is 4.79 Å². The number of hydrogen-bond donors (Lipinski definition) is 1. The van der Waals surface area contributed by atoms with Crippen molar-refractivity contribution in [3.63, 3.8) is 0 Å². The number of carboxylic acid groups (broad SMARTS) is 1. The quantitative estimate of drug-likeness (QED) is 0.774. The van der Waals surface area contributed by atoms with Crippen molar-refractivity contribution in [2.75, 3.05) is 25.2 Å². The molecule has 1 aliphatic heterocycles. The molecule has 6 nitrogen and oxygen atoms in total. The molecule has 1 saturated heterocycles. The molecule has 1 heterocycles. The van der Waals surface area contributed by atoms with Gasteiger partial charge in [0.1, 0.15) is 9.84 Å². The van der Waals surface area contributed by atoms with Crippen LogP contribution in [0, 0.1) is 5.41 Å². The Balaban J connectivity index is 2.54. The van der Waals surface area contributed by atoms with E-state index in [1.54, 1.807) is 18.2 Å². The Kier molecular flexibility index (Phi) is 6.72. The molecular weight excluding hydrogens is 413 g/mol. The molecule has 3 unspecified atom stereocenters. The van der Waals surface area contributed by atoms with E-state index in [9.17, 15) is 18.3 Å². The van der Waals surface area contributed by atoms with Crippen molar-refractivity contribution >= 4 is 39.1 Å². The SMILES string of the molecule is CC(C)(C)C1CN(C(=O)O)C(CS(C)(=O)=O)C(c2ccc(Cl)c(Cl)c2)CO1. The average molecular weight is 438 g/mol. The van der Waals surface area contributed by atoms with E-state index in [0.717, 1.165) is 6.26 Å². The summed E-state index contributed by atoms with van der Waals surface area (Å²) in [6.45, 7) is 6.16. The number of sulfone groups is 1. The van der Waals surface area contributed by atoms with E-state index in [1.807, 2.05) is 20.8 Å². The van der Waals surface area contributed by atoms with Gasteiger partial charge in [-0.2, -0.15) is 0 Å². The van der Waals surface area contributed by atoms with E-state index in [0.29, 0.717) is 15.6 Å². The summed E-state index contributed by atoms with van der Waals surface area (Å²) in [5.74, 6) is -0.789. The molecule has 0 aliphatic carbocycles. The van der Waals surface area contributed by atoms with Crippen LogP contribution in [-0.4, -0.2) is 61.8 Å². The summed E-state index contributed by atoms with van der Waals surface area (Å²) in [5, 5.41) is 10.5. The number of halogens is 2. The number of ether oxygens (including phenoxy) is 1. The van der Waals surface area contributed by atoms with E-state index >= 15 is 0 Å². The van der Waals surface area contributed by atoms with Gasteiger partial charge >= 0.3 is 6.09 Å². The number of nitrogens with zero attached hydrogens (tertiary/aromatic N) is 1. The lowest BCUT2D eigenvalue weighted by atomic mass is 9.88. The van der Waals surface area contributed by atoms with Gasteiger partial charge in [-0.05, 0) is 23.1 Å². The topological polar surface area (TPSA) is 83.9 Å². The summed E-state index contributed by atoms with van der Waals surface area (Å²) in [6, 6.07) is 4.20. The Hall–Kier alpha value is -1.02. The van der Waals surface area contributed by atoms with E-state index in [2.05, 4.69) is 0 Å². The van der Waals surface area contributed by atoms with Gasteiger partial charge in [-0.25, -0.2) is 13.2 Å². The molecular formula is C18H25Cl2NO5S. The van der Waals surface area contributed by atoms with Crippen LogP contribution < -0.4 is 0 Å². The Morgan fingerprint density at radius 1 is 1.30 bits per heavy atom. The third kappa shape index (κ3) is 5.73. The molecule has 1 aromatic rings. The van der Waals surface area contributed by atoms with Gasteiger partial charge < -0.3 is 14.7 Å². The van der Waals surface area contributed by atoms with Crippen molar-refractivity contribution in [3.05, 3.63) is 33.8 Å². The fourth-order valence-electron chi connectivity index (χ4n) is 3.24. The molecule has 1 aliphatic rings. The molecule has 0 radical (unpaired) electrons. The first-order chi connectivity index (χ1) is 12.3. The molecule has 3 atom stereocenters. The maximum atomic E-state index is 12.0. The minimum Gasteiger partial charge on any atom is -0.465 e. The number of carbonyl (C=O) groups is 1. The number of rotatable bonds is 3. The van der Waals surface area contributed by atoms with Crippen LogP contribution in [0.3, 0.4) is 0 Å². The largest absolute Gasteiger partial charge is 0.465 e. The minimum atomic E-state index is -3.44. The standard InChI is InChI=1S/C18H25Cl2NO5S/c1-18(2,3)16-8-21(17(22)23)15(10-27(4,24)25)12(9-26-16)11-5-6-13(19)14(20)7-11/h5-7,12,15-16H,8-10H2,1-4H3,(H,22,23). The lowest BCUT2D eigenvalue weighted by molar-refractivity contribution is -0.0185. The normalized spacial score (nSPS) is 24.5. The summed E-state index contributed by atoms with van der Waals surface area (Å²) < 4.78 is 30.2. The summed E-state index contributed by atoms with van der Waals surface area (Å²) in [5.41, 5.74) is 0.384. The van der Waals surface area contributed by atoms with Crippen molar-refractivity contribution in [1.82, 2.24) is 4.90 Å². The first-order valence-electron chi connectivity index (χ1n) is 8.53. The zero-order chi connectivity index (χ0) is 20.6. The van der Waals surface area contributed by atoms with E-state index < -0.39 is 27.9 Å². The Bertz CT molecular complexity index is 806. The third-order valence-electron chi connectivity index (χ3n) is 4.76. The van der Waals surface area contributed by atoms with Gasteiger partial charge in [0.05, 0.1) is 41.1 Å². The van der Waals surface area contributed by atoms with E-state index in [-0.39, 0.29) is 30.4 Å². The molecule has 0 aromatic heterocycles. The third-order valence-corrected chi connectivity index (χ3v) is 6.45. The first kappa shape index (κ1) is 22.3. The van der Waals surface area contributed by atoms with Gasteiger partial charge in [0.15, 0.2) is 0 Å². The maximum Gasteiger partial charge on any atom is 0.407 e. The lowest BCUT2D eigenvalue weighted by Gasteiger charge is -2.34.